The first kappa shape index (κ1) is 23.6. The van der Waals surface area contributed by atoms with Gasteiger partial charge in [-0.1, -0.05) is 48.9 Å². The minimum Gasteiger partial charge on any atom is -0.321 e. The lowest BCUT2D eigenvalue weighted by Crippen LogP contribution is -2.09. The smallest absolute Gasteiger partial charge is 0.248 e. The molecule has 3 aromatic rings. The molecule has 0 spiro atoms. The number of nitrogens with one attached hydrogen (secondary N) is 1. The van der Waals surface area contributed by atoms with Gasteiger partial charge in [0.2, 0.25) is 5.91 Å². The van der Waals surface area contributed by atoms with E-state index in [1.54, 1.807) is 17.8 Å². The van der Waals surface area contributed by atoms with Crippen LogP contribution >= 0.6 is 23.4 Å². The zero-order valence-electron chi connectivity index (χ0n) is 18.3. The molecule has 1 aromatic heterocycles. The number of carbonyl (C=O) groups is 1. The van der Waals surface area contributed by atoms with Gasteiger partial charge in [-0.3, -0.25) is 9.48 Å². The molecule has 1 N–H and O–H groups in total. The third kappa shape index (κ3) is 6.03. The van der Waals surface area contributed by atoms with E-state index in [0.717, 1.165) is 33.1 Å². The first-order valence-corrected chi connectivity index (χ1v) is 11.5. The predicted octanol–water partition coefficient (Wildman–Crippen LogP) is 6.25. The fraction of sp³-hybridized carbons (Fsp3) is 0.240. The van der Waals surface area contributed by atoms with Crippen molar-refractivity contribution in [1.29, 1.82) is 5.26 Å². The van der Waals surface area contributed by atoms with Crippen LogP contribution in [0.1, 0.15) is 35.9 Å². The molecule has 1 unspecified atom stereocenters. The van der Waals surface area contributed by atoms with Crippen LogP contribution in [0.4, 0.5) is 5.69 Å². The van der Waals surface area contributed by atoms with E-state index in [0.29, 0.717) is 18.0 Å². The normalized spacial score (nSPS) is 12.0. The molecule has 5 nitrogen and oxygen atoms in total. The highest BCUT2D eigenvalue weighted by Crippen LogP contribution is 2.31. The van der Waals surface area contributed by atoms with Gasteiger partial charge in [0.15, 0.2) is 0 Å². The minimum atomic E-state index is -0.219. The molecule has 0 saturated carbocycles. The number of anilines is 1. The summed E-state index contributed by atoms with van der Waals surface area (Å²) in [4.78, 5) is 13.6. The summed E-state index contributed by atoms with van der Waals surface area (Å²) in [6.07, 6.45) is 3.77. The average Bonchev–Trinajstić information content (AvgIpc) is 3.02. The Bertz CT molecular complexity index is 1180. The lowest BCUT2D eigenvalue weighted by Gasteiger charge is -2.12. The molecule has 3 rings (SSSR count). The molecule has 0 fully saturated rings. The number of hydrogen-bond acceptors (Lipinski definition) is 4. The summed E-state index contributed by atoms with van der Waals surface area (Å²) < 4.78 is 1.90. The molecule has 2 aromatic carbocycles. The van der Waals surface area contributed by atoms with Gasteiger partial charge in [-0.05, 0) is 43.7 Å². The van der Waals surface area contributed by atoms with E-state index in [1.807, 2.05) is 74.0 Å². The van der Waals surface area contributed by atoms with Gasteiger partial charge in [-0.15, -0.1) is 11.8 Å². The Kier molecular flexibility index (Phi) is 8.15. The summed E-state index contributed by atoms with van der Waals surface area (Å²) in [7, 11) is 0. The summed E-state index contributed by atoms with van der Waals surface area (Å²) in [5.41, 5.74) is 4.46. The van der Waals surface area contributed by atoms with Gasteiger partial charge in [0.25, 0.3) is 0 Å². The topological polar surface area (TPSA) is 70.7 Å². The van der Waals surface area contributed by atoms with Gasteiger partial charge in [-0.2, -0.15) is 10.4 Å². The van der Waals surface area contributed by atoms with E-state index in [1.165, 1.54) is 6.08 Å². The Balaban J connectivity index is 1.72. The van der Waals surface area contributed by atoms with Crippen LogP contribution in [0.3, 0.4) is 0 Å². The number of nitriles is 1. The number of para-hydroxylation sites is 1. The van der Waals surface area contributed by atoms with E-state index < -0.39 is 0 Å². The van der Waals surface area contributed by atoms with Gasteiger partial charge in [-0.25, -0.2) is 0 Å². The molecule has 1 heterocycles. The van der Waals surface area contributed by atoms with Crippen molar-refractivity contribution in [2.75, 3.05) is 5.32 Å². The lowest BCUT2D eigenvalue weighted by molar-refractivity contribution is -0.111. The molecule has 7 heteroatoms. The van der Waals surface area contributed by atoms with Crippen molar-refractivity contribution in [2.45, 2.75) is 43.9 Å². The first-order valence-electron chi connectivity index (χ1n) is 10.3. The Morgan fingerprint density at radius 2 is 1.97 bits per heavy atom. The Labute approximate surface area is 198 Å². The molecule has 0 saturated heterocycles. The van der Waals surface area contributed by atoms with Crippen LogP contribution in [0.15, 0.2) is 59.5 Å². The number of hydrogen-bond donors (Lipinski definition) is 1. The Hall–Kier alpha value is -3.01. The largest absolute Gasteiger partial charge is 0.321 e. The van der Waals surface area contributed by atoms with Crippen LogP contribution in [-0.4, -0.2) is 20.9 Å². The number of aryl methyl sites for hydroxylation is 1. The molecule has 0 radical (unpaired) electrons. The van der Waals surface area contributed by atoms with Crippen molar-refractivity contribution in [3.8, 4) is 6.07 Å². The minimum absolute atomic E-state index is 0.142. The van der Waals surface area contributed by atoms with E-state index >= 15 is 0 Å². The third-order valence-corrected chi connectivity index (χ3v) is 6.52. The monoisotopic (exact) mass is 464 g/mol. The molecule has 0 aliphatic carbocycles. The van der Waals surface area contributed by atoms with E-state index in [4.69, 9.17) is 16.9 Å². The van der Waals surface area contributed by atoms with Gasteiger partial charge in [0.1, 0.15) is 0 Å². The number of benzene rings is 2. The van der Waals surface area contributed by atoms with Gasteiger partial charge in [0, 0.05) is 38.9 Å². The molecule has 164 valence electrons. The highest BCUT2D eigenvalue weighted by Gasteiger charge is 2.12. The molecule has 1 amide bonds. The van der Waals surface area contributed by atoms with Crippen LogP contribution in [0, 0.1) is 25.2 Å². The zero-order valence-corrected chi connectivity index (χ0v) is 19.9. The second-order valence-corrected chi connectivity index (χ2v) is 9.33. The highest BCUT2D eigenvalue weighted by atomic mass is 35.5. The SMILES string of the molecule is Cc1nn(Cc2ccccc2Cl)c(C)c1/C=C/C(=O)Nc1ccccc1SC(C)CC#N. The van der Waals surface area contributed by atoms with Crippen molar-refractivity contribution in [3.05, 3.63) is 82.1 Å². The second kappa shape index (κ2) is 11.0. The van der Waals surface area contributed by atoms with Gasteiger partial charge < -0.3 is 5.32 Å². The molecule has 0 aliphatic heterocycles. The molecular weight excluding hydrogens is 440 g/mol. The summed E-state index contributed by atoms with van der Waals surface area (Å²) in [5, 5.41) is 17.3. The second-order valence-electron chi connectivity index (χ2n) is 7.44. The molecular formula is C25H25ClN4OS. The summed E-state index contributed by atoms with van der Waals surface area (Å²) >= 11 is 7.86. The highest BCUT2D eigenvalue weighted by molar-refractivity contribution is 8.00. The maximum atomic E-state index is 12.6. The third-order valence-electron chi connectivity index (χ3n) is 4.97. The van der Waals surface area contributed by atoms with Crippen molar-refractivity contribution in [3.63, 3.8) is 0 Å². The predicted molar refractivity (Wildman–Crippen MR) is 132 cm³/mol. The Morgan fingerprint density at radius 3 is 2.72 bits per heavy atom. The number of thioether (sulfide) groups is 1. The number of carbonyl (C=O) groups excluding carboxylic acids is 1. The molecule has 1 atom stereocenters. The van der Waals surface area contributed by atoms with Crippen LogP contribution < -0.4 is 5.32 Å². The van der Waals surface area contributed by atoms with E-state index in [9.17, 15) is 4.79 Å². The van der Waals surface area contributed by atoms with Crippen LogP contribution in [0.2, 0.25) is 5.02 Å². The van der Waals surface area contributed by atoms with Crippen molar-refractivity contribution >= 4 is 41.0 Å². The number of nitrogens with zero attached hydrogens (tertiary/aromatic N) is 3. The van der Waals surface area contributed by atoms with Crippen molar-refractivity contribution in [1.82, 2.24) is 9.78 Å². The number of aromatic nitrogens is 2. The van der Waals surface area contributed by atoms with Crippen LogP contribution in [-0.2, 0) is 11.3 Å². The number of amides is 1. The summed E-state index contributed by atoms with van der Waals surface area (Å²) in [6.45, 7) is 6.48. The van der Waals surface area contributed by atoms with E-state index in [-0.39, 0.29) is 11.2 Å². The van der Waals surface area contributed by atoms with Crippen molar-refractivity contribution in [2.24, 2.45) is 0 Å². The summed E-state index contributed by atoms with van der Waals surface area (Å²) in [6, 6.07) is 17.5. The van der Waals surface area contributed by atoms with Gasteiger partial charge >= 0.3 is 0 Å². The first-order chi connectivity index (χ1) is 15.4. The Morgan fingerprint density at radius 1 is 1.25 bits per heavy atom. The average molecular weight is 465 g/mol. The molecule has 0 aliphatic rings. The maximum absolute atomic E-state index is 12.6. The summed E-state index contributed by atoms with van der Waals surface area (Å²) in [5.74, 6) is -0.219. The molecule has 32 heavy (non-hydrogen) atoms. The maximum Gasteiger partial charge on any atom is 0.248 e. The standard InChI is InChI=1S/C25H25ClN4OS/c1-17(14-15-27)32-24-11-7-6-10-23(24)28-25(31)13-12-21-18(2)29-30(19(21)3)16-20-8-4-5-9-22(20)26/h4-13,17H,14,16H2,1-3H3,(H,28,31)/b13-12+. The number of rotatable bonds is 8. The van der Waals surface area contributed by atoms with Crippen LogP contribution in [0.5, 0.6) is 0 Å². The molecule has 0 bridgehead atoms. The van der Waals surface area contributed by atoms with E-state index in [2.05, 4.69) is 16.5 Å². The van der Waals surface area contributed by atoms with Gasteiger partial charge in [0.05, 0.1) is 24.0 Å². The zero-order chi connectivity index (χ0) is 23.1. The fourth-order valence-corrected chi connectivity index (χ4v) is 4.48. The lowest BCUT2D eigenvalue weighted by atomic mass is 10.1. The van der Waals surface area contributed by atoms with Crippen LogP contribution in [0.25, 0.3) is 6.08 Å². The quantitative estimate of drug-likeness (QED) is 0.316. The number of halogens is 1. The fourth-order valence-electron chi connectivity index (χ4n) is 3.29. The van der Waals surface area contributed by atoms with Crippen molar-refractivity contribution < 1.29 is 4.79 Å².